The lowest BCUT2D eigenvalue weighted by Crippen LogP contribution is -2.47. The molecule has 6 heteroatoms. The van der Waals surface area contributed by atoms with Crippen LogP contribution in [0, 0.1) is 0 Å². The van der Waals surface area contributed by atoms with Crippen LogP contribution in [0.3, 0.4) is 0 Å². The largest absolute Gasteiger partial charge is 0.310 e. The summed E-state index contributed by atoms with van der Waals surface area (Å²) in [5.74, 6) is 4.90. The zero-order valence-corrected chi connectivity index (χ0v) is 10.9. The maximum atomic E-state index is 12.1. The molecular formula is C13H14N2O3S. The summed E-state index contributed by atoms with van der Waals surface area (Å²) in [6, 6.07) is 16.8. The van der Waals surface area contributed by atoms with Gasteiger partial charge in [-0.15, -0.1) is 0 Å². The third-order valence-electron chi connectivity index (χ3n) is 2.93. The predicted octanol–water partition coefficient (Wildman–Crippen LogP) is 1.07. The number of nitrogens with two attached hydrogens (primary N) is 2. The van der Waals surface area contributed by atoms with Crippen LogP contribution in [0.4, 0.5) is 0 Å². The van der Waals surface area contributed by atoms with E-state index in [4.69, 9.17) is 11.6 Å². The van der Waals surface area contributed by atoms with Gasteiger partial charge in [0, 0.05) is 0 Å². The second kappa shape index (κ2) is 5.10. The molecule has 0 heterocycles. The van der Waals surface area contributed by atoms with Crippen molar-refractivity contribution >= 4 is 10.1 Å². The Hall–Kier alpha value is -1.73. The Kier molecular flexibility index (Phi) is 3.68. The van der Waals surface area contributed by atoms with Crippen molar-refractivity contribution in [1.29, 1.82) is 0 Å². The minimum Gasteiger partial charge on any atom is -0.303 e. The molecule has 0 spiro atoms. The van der Waals surface area contributed by atoms with E-state index in [0.29, 0.717) is 11.1 Å². The first-order valence-corrected chi connectivity index (χ1v) is 6.96. The van der Waals surface area contributed by atoms with Gasteiger partial charge in [-0.3, -0.25) is 0 Å². The molecule has 19 heavy (non-hydrogen) atoms. The van der Waals surface area contributed by atoms with Crippen molar-refractivity contribution in [2.75, 3.05) is 0 Å². The molecule has 0 aliphatic heterocycles. The minimum atomic E-state index is -4.21. The van der Waals surface area contributed by atoms with E-state index in [2.05, 4.69) is 4.28 Å². The summed E-state index contributed by atoms with van der Waals surface area (Å²) >= 11 is 0. The average molecular weight is 278 g/mol. The van der Waals surface area contributed by atoms with Gasteiger partial charge in [0.15, 0.2) is 4.87 Å². The molecule has 0 saturated heterocycles. The molecule has 0 amide bonds. The lowest BCUT2D eigenvalue weighted by molar-refractivity contribution is 0.316. The highest BCUT2D eigenvalue weighted by molar-refractivity contribution is 7.87. The molecule has 2 rings (SSSR count). The van der Waals surface area contributed by atoms with Crippen molar-refractivity contribution in [1.82, 2.24) is 0 Å². The zero-order chi connectivity index (χ0) is 13.9. The first-order valence-electron chi connectivity index (χ1n) is 5.55. The van der Waals surface area contributed by atoms with E-state index in [1.807, 2.05) is 0 Å². The van der Waals surface area contributed by atoms with Crippen molar-refractivity contribution in [2.24, 2.45) is 11.6 Å². The van der Waals surface area contributed by atoms with Crippen molar-refractivity contribution in [3.05, 3.63) is 71.8 Å². The molecule has 0 atom stereocenters. The Morgan fingerprint density at radius 3 is 1.53 bits per heavy atom. The quantitative estimate of drug-likeness (QED) is 0.815. The fraction of sp³-hybridized carbons (Fsp3) is 0.0769. The highest BCUT2D eigenvalue weighted by Gasteiger charge is 2.44. The molecule has 0 saturated carbocycles. The predicted molar refractivity (Wildman–Crippen MR) is 72.0 cm³/mol. The molecule has 0 aliphatic rings. The Labute approximate surface area is 111 Å². The average Bonchev–Trinajstić information content (AvgIpc) is 2.48. The summed E-state index contributed by atoms with van der Waals surface area (Å²) in [6.45, 7) is 0. The molecule has 5 nitrogen and oxygen atoms in total. The smallest absolute Gasteiger partial charge is 0.303 e. The molecule has 100 valence electrons. The van der Waals surface area contributed by atoms with Crippen molar-refractivity contribution < 1.29 is 12.7 Å². The molecule has 0 unspecified atom stereocenters. The Bertz CT molecular complexity index is 603. The van der Waals surface area contributed by atoms with Crippen molar-refractivity contribution in [2.45, 2.75) is 4.87 Å². The molecule has 0 radical (unpaired) electrons. The van der Waals surface area contributed by atoms with Crippen LogP contribution >= 0.6 is 0 Å². The fourth-order valence-electron chi connectivity index (χ4n) is 1.90. The summed E-state index contributed by atoms with van der Waals surface area (Å²) in [4.78, 5) is -1.84. The van der Waals surface area contributed by atoms with Crippen LogP contribution in [0.25, 0.3) is 0 Å². The van der Waals surface area contributed by atoms with E-state index in [1.54, 1.807) is 60.7 Å². The topological polar surface area (TPSA) is 95.4 Å². The van der Waals surface area contributed by atoms with Crippen LogP contribution < -0.4 is 11.6 Å². The van der Waals surface area contributed by atoms with Gasteiger partial charge in [-0.05, 0) is 11.1 Å². The lowest BCUT2D eigenvalue weighted by Gasteiger charge is -2.28. The van der Waals surface area contributed by atoms with Crippen LogP contribution in [0.5, 0.6) is 0 Å². The van der Waals surface area contributed by atoms with Crippen molar-refractivity contribution in [3.8, 4) is 0 Å². The fourth-order valence-corrected chi connectivity index (χ4v) is 2.90. The molecule has 0 aromatic heterocycles. The van der Waals surface area contributed by atoms with Gasteiger partial charge in [0.25, 0.3) is 0 Å². The number of hydrogen-bond donors (Lipinski definition) is 2. The van der Waals surface area contributed by atoms with Crippen LogP contribution in [0.2, 0.25) is 0 Å². The zero-order valence-electron chi connectivity index (χ0n) is 10.1. The van der Waals surface area contributed by atoms with Crippen molar-refractivity contribution in [3.63, 3.8) is 0 Å². The summed E-state index contributed by atoms with van der Waals surface area (Å²) in [6.07, 6.45) is 0. The van der Waals surface area contributed by atoms with Crippen LogP contribution in [-0.4, -0.2) is 8.42 Å². The van der Waals surface area contributed by atoms with Gasteiger partial charge < -0.3 is 5.73 Å². The van der Waals surface area contributed by atoms with E-state index < -0.39 is 15.0 Å². The molecule has 2 aromatic carbocycles. The summed E-state index contributed by atoms with van der Waals surface area (Å²) in [7, 11) is -4.21. The number of benzene rings is 2. The van der Waals surface area contributed by atoms with Gasteiger partial charge in [0.2, 0.25) is 0 Å². The first-order chi connectivity index (χ1) is 9.02. The van der Waals surface area contributed by atoms with E-state index >= 15 is 0 Å². The second-order valence-corrected chi connectivity index (χ2v) is 5.76. The Balaban J connectivity index is 2.72. The standard InChI is InChI=1S/C13H14N2O3S/c14-13(19(16,17)18-15,11-7-3-1-4-8-11)12-9-5-2-6-10-12/h1-10H,14-15H2. The Morgan fingerprint density at radius 1 is 0.842 bits per heavy atom. The van der Waals surface area contributed by atoms with Crippen LogP contribution in [0.1, 0.15) is 11.1 Å². The molecule has 4 N–H and O–H groups in total. The number of rotatable bonds is 4. The molecule has 0 bridgehead atoms. The van der Waals surface area contributed by atoms with Gasteiger partial charge in [0.05, 0.1) is 0 Å². The first kappa shape index (κ1) is 13.7. The maximum absolute atomic E-state index is 12.1. The molecule has 0 fully saturated rings. The van der Waals surface area contributed by atoms with Gasteiger partial charge in [0.1, 0.15) is 0 Å². The summed E-state index contributed by atoms with van der Waals surface area (Å²) in [5, 5.41) is 0. The maximum Gasteiger partial charge on any atom is 0.310 e. The SMILES string of the molecule is NOS(=O)(=O)C(N)(c1ccccc1)c1ccccc1. The van der Waals surface area contributed by atoms with E-state index in [-0.39, 0.29) is 0 Å². The third-order valence-corrected chi connectivity index (χ3v) is 4.44. The highest BCUT2D eigenvalue weighted by Crippen LogP contribution is 2.32. The normalized spacial score (nSPS) is 12.3. The van der Waals surface area contributed by atoms with E-state index in [9.17, 15) is 8.42 Å². The Morgan fingerprint density at radius 2 is 1.21 bits per heavy atom. The minimum absolute atomic E-state index is 0.381. The second-order valence-electron chi connectivity index (χ2n) is 4.02. The summed E-state index contributed by atoms with van der Waals surface area (Å²) in [5.41, 5.74) is 6.90. The van der Waals surface area contributed by atoms with Crippen LogP contribution in [-0.2, 0) is 19.3 Å². The molecule has 2 aromatic rings. The summed E-state index contributed by atoms with van der Waals surface area (Å²) < 4.78 is 28.5. The number of hydrogen-bond acceptors (Lipinski definition) is 5. The van der Waals surface area contributed by atoms with Gasteiger partial charge >= 0.3 is 10.1 Å². The van der Waals surface area contributed by atoms with E-state index in [1.165, 1.54) is 0 Å². The molecular weight excluding hydrogens is 264 g/mol. The van der Waals surface area contributed by atoms with Gasteiger partial charge in [-0.25, -0.2) is 0 Å². The highest BCUT2D eigenvalue weighted by atomic mass is 32.2. The monoisotopic (exact) mass is 278 g/mol. The lowest BCUT2D eigenvalue weighted by atomic mass is 9.99. The van der Waals surface area contributed by atoms with Gasteiger partial charge in [-0.2, -0.15) is 18.6 Å². The van der Waals surface area contributed by atoms with Gasteiger partial charge in [-0.1, -0.05) is 60.7 Å². The molecule has 0 aliphatic carbocycles. The third kappa shape index (κ3) is 2.26. The van der Waals surface area contributed by atoms with Crippen LogP contribution in [0.15, 0.2) is 60.7 Å². The van der Waals surface area contributed by atoms with E-state index in [0.717, 1.165) is 0 Å².